The van der Waals surface area contributed by atoms with Crippen LogP contribution in [0.3, 0.4) is 0 Å². The van der Waals surface area contributed by atoms with Crippen LogP contribution in [0.2, 0.25) is 0 Å². The highest BCUT2D eigenvalue weighted by molar-refractivity contribution is 8.93. The molecule has 1 aromatic carbocycles. The molecule has 0 amide bonds. The third-order valence-corrected chi connectivity index (χ3v) is 4.45. The van der Waals surface area contributed by atoms with E-state index in [1.54, 1.807) is 0 Å². The second-order valence-electron chi connectivity index (χ2n) is 5.67. The van der Waals surface area contributed by atoms with Crippen LogP contribution >= 0.6 is 17.0 Å². The van der Waals surface area contributed by atoms with Crippen LogP contribution in [0, 0.1) is 5.92 Å². The molecule has 1 aromatic rings. The second kappa shape index (κ2) is 4.29. The molecule has 0 spiro atoms. The van der Waals surface area contributed by atoms with Crippen molar-refractivity contribution < 1.29 is 5.11 Å². The maximum atomic E-state index is 9.64. The minimum Gasteiger partial charge on any atom is -0.508 e. The maximum absolute atomic E-state index is 9.64. The van der Waals surface area contributed by atoms with Gasteiger partial charge in [0.25, 0.3) is 0 Å². The first-order valence-corrected chi connectivity index (χ1v) is 6.17. The van der Waals surface area contributed by atoms with E-state index in [-0.39, 0.29) is 22.4 Å². The van der Waals surface area contributed by atoms with E-state index < -0.39 is 0 Å². The Balaban J connectivity index is 0.00000108. The normalized spacial score (nSPS) is 29.1. The Morgan fingerprint density at radius 2 is 2.12 bits per heavy atom. The second-order valence-corrected chi connectivity index (χ2v) is 5.67. The molecule has 0 saturated carbocycles. The van der Waals surface area contributed by atoms with Gasteiger partial charge in [-0.15, -0.1) is 17.0 Å². The van der Waals surface area contributed by atoms with E-state index in [2.05, 4.69) is 25.2 Å². The number of nitrogens with one attached hydrogen (secondary N) is 1. The predicted molar refractivity (Wildman–Crippen MR) is 74.9 cm³/mol. The van der Waals surface area contributed by atoms with Gasteiger partial charge in [-0.05, 0) is 54.0 Å². The van der Waals surface area contributed by atoms with Gasteiger partial charge in [0.05, 0.1) is 0 Å². The van der Waals surface area contributed by atoms with Crippen molar-refractivity contribution in [3.05, 3.63) is 29.3 Å². The third kappa shape index (κ3) is 1.80. The van der Waals surface area contributed by atoms with Crippen molar-refractivity contribution in [1.82, 2.24) is 5.32 Å². The zero-order chi connectivity index (χ0) is 11.3. The molecule has 3 heteroatoms. The SMILES string of the molecule is Br.CC1(C)c2cc(O)ccc2C2NCCCC21. The van der Waals surface area contributed by atoms with Gasteiger partial charge in [-0.1, -0.05) is 19.9 Å². The summed E-state index contributed by atoms with van der Waals surface area (Å²) in [7, 11) is 0. The quantitative estimate of drug-likeness (QED) is 0.770. The number of aromatic hydroxyl groups is 1. The Kier molecular flexibility index (Phi) is 3.25. The molecule has 1 fully saturated rings. The number of rotatable bonds is 0. The van der Waals surface area contributed by atoms with E-state index in [9.17, 15) is 5.11 Å². The lowest BCUT2D eigenvalue weighted by Crippen LogP contribution is -2.37. The number of hydrogen-bond acceptors (Lipinski definition) is 2. The van der Waals surface area contributed by atoms with Gasteiger partial charge in [0, 0.05) is 6.04 Å². The molecule has 2 atom stereocenters. The van der Waals surface area contributed by atoms with Gasteiger partial charge in [0.1, 0.15) is 5.75 Å². The molecular formula is C14H20BrNO. The van der Waals surface area contributed by atoms with Gasteiger partial charge in [0.2, 0.25) is 0 Å². The van der Waals surface area contributed by atoms with Crippen LogP contribution in [0.15, 0.2) is 18.2 Å². The van der Waals surface area contributed by atoms with Gasteiger partial charge in [0.15, 0.2) is 0 Å². The predicted octanol–water partition coefficient (Wildman–Crippen LogP) is 3.30. The van der Waals surface area contributed by atoms with Crippen LogP contribution in [0.1, 0.15) is 43.9 Å². The first-order valence-electron chi connectivity index (χ1n) is 6.17. The van der Waals surface area contributed by atoms with E-state index in [0.717, 1.165) is 6.54 Å². The van der Waals surface area contributed by atoms with Gasteiger partial charge in [-0.2, -0.15) is 0 Å². The fraction of sp³-hybridized carbons (Fsp3) is 0.571. The number of halogens is 1. The molecule has 17 heavy (non-hydrogen) atoms. The van der Waals surface area contributed by atoms with Crippen LogP contribution in [-0.4, -0.2) is 11.7 Å². The van der Waals surface area contributed by atoms with Crippen LogP contribution < -0.4 is 5.32 Å². The Labute approximate surface area is 113 Å². The molecule has 1 aliphatic heterocycles. The van der Waals surface area contributed by atoms with Crippen LogP contribution in [0.4, 0.5) is 0 Å². The largest absolute Gasteiger partial charge is 0.508 e. The number of fused-ring (bicyclic) bond motifs is 3. The van der Waals surface area contributed by atoms with Crippen molar-refractivity contribution in [3.63, 3.8) is 0 Å². The average molecular weight is 298 g/mol. The molecule has 1 aliphatic carbocycles. The number of hydrogen-bond donors (Lipinski definition) is 2. The summed E-state index contributed by atoms with van der Waals surface area (Å²) in [6, 6.07) is 6.36. The Morgan fingerprint density at radius 3 is 2.88 bits per heavy atom. The molecule has 1 saturated heterocycles. The lowest BCUT2D eigenvalue weighted by Gasteiger charge is -2.35. The number of benzene rings is 1. The highest BCUT2D eigenvalue weighted by Crippen LogP contribution is 2.52. The molecule has 2 nitrogen and oxygen atoms in total. The molecule has 3 rings (SSSR count). The molecular weight excluding hydrogens is 278 g/mol. The summed E-state index contributed by atoms with van der Waals surface area (Å²) >= 11 is 0. The summed E-state index contributed by atoms with van der Waals surface area (Å²) < 4.78 is 0. The Morgan fingerprint density at radius 1 is 1.35 bits per heavy atom. The summed E-state index contributed by atoms with van der Waals surface area (Å²) in [6.45, 7) is 5.74. The molecule has 0 aromatic heterocycles. The average Bonchev–Trinajstić information content (AvgIpc) is 2.49. The van der Waals surface area contributed by atoms with Crippen molar-refractivity contribution in [2.45, 2.75) is 38.1 Å². The van der Waals surface area contributed by atoms with E-state index >= 15 is 0 Å². The minimum atomic E-state index is 0. The number of phenols is 1. The van der Waals surface area contributed by atoms with Crippen molar-refractivity contribution in [1.29, 1.82) is 0 Å². The number of piperidine rings is 1. The van der Waals surface area contributed by atoms with E-state index in [0.29, 0.717) is 17.7 Å². The molecule has 2 aliphatic rings. The first-order chi connectivity index (χ1) is 7.60. The smallest absolute Gasteiger partial charge is 0.115 e. The molecule has 0 bridgehead atoms. The highest BCUT2D eigenvalue weighted by Gasteiger charge is 2.46. The Bertz CT molecular complexity index is 430. The van der Waals surface area contributed by atoms with E-state index in [1.807, 2.05) is 12.1 Å². The number of phenolic OH excluding ortho intramolecular Hbond substituents is 1. The van der Waals surface area contributed by atoms with Crippen molar-refractivity contribution in [2.75, 3.05) is 6.54 Å². The standard InChI is InChI=1S/C14H19NO.BrH/c1-14(2)11-4-3-7-15-13(11)10-6-5-9(16)8-12(10)14;/h5-6,8,11,13,15-16H,3-4,7H2,1-2H3;1H. The van der Waals surface area contributed by atoms with Gasteiger partial charge >= 0.3 is 0 Å². The van der Waals surface area contributed by atoms with Crippen molar-refractivity contribution in [3.8, 4) is 5.75 Å². The topological polar surface area (TPSA) is 32.3 Å². The molecule has 94 valence electrons. The fourth-order valence-electron chi connectivity index (χ4n) is 3.57. The Hall–Kier alpha value is -0.540. The molecule has 0 radical (unpaired) electrons. The fourth-order valence-corrected chi connectivity index (χ4v) is 3.57. The van der Waals surface area contributed by atoms with Crippen LogP contribution in [-0.2, 0) is 5.41 Å². The molecule has 2 N–H and O–H groups in total. The highest BCUT2D eigenvalue weighted by atomic mass is 79.9. The lowest BCUT2D eigenvalue weighted by molar-refractivity contribution is 0.218. The maximum Gasteiger partial charge on any atom is 0.115 e. The zero-order valence-corrected chi connectivity index (χ0v) is 12.1. The van der Waals surface area contributed by atoms with E-state index in [4.69, 9.17) is 0 Å². The van der Waals surface area contributed by atoms with Crippen LogP contribution in [0.5, 0.6) is 5.75 Å². The summed E-state index contributed by atoms with van der Waals surface area (Å²) in [5.74, 6) is 1.07. The minimum absolute atomic E-state index is 0. The van der Waals surface area contributed by atoms with E-state index in [1.165, 1.54) is 24.0 Å². The van der Waals surface area contributed by atoms with Gasteiger partial charge in [-0.3, -0.25) is 0 Å². The van der Waals surface area contributed by atoms with Crippen LogP contribution in [0.25, 0.3) is 0 Å². The molecule has 1 heterocycles. The summed E-state index contributed by atoms with van der Waals surface area (Å²) in [4.78, 5) is 0. The summed E-state index contributed by atoms with van der Waals surface area (Å²) in [5, 5.41) is 13.3. The molecule has 2 unspecified atom stereocenters. The summed E-state index contributed by atoms with van der Waals surface area (Å²) in [5.41, 5.74) is 2.91. The monoisotopic (exact) mass is 297 g/mol. The van der Waals surface area contributed by atoms with Gasteiger partial charge < -0.3 is 10.4 Å². The van der Waals surface area contributed by atoms with Crippen molar-refractivity contribution >= 4 is 17.0 Å². The van der Waals surface area contributed by atoms with Gasteiger partial charge in [-0.25, -0.2) is 0 Å². The summed E-state index contributed by atoms with van der Waals surface area (Å²) in [6.07, 6.45) is 2.56. The van der Waals surface area contributed by atoms with Crippen molar-refractivity contribution in [2.24, 2.45) is 5.92 Å². The first kappa shape index (κ1) is 12.9. The zero-order valence-electron chi connectivity index (χ0n) is 10.4. The third-order valence-electron chi connectivity index (χ3n) is 4.45. The lowest BCUT2D eigenvalue weighted by atomic mass is 9.74.